The molecule has 5 heteroatoms. The summed E-state index contributed by atoms with van der Waals surface area (Å²) >= 11 is 0. The average molecular weight is 263 g/mol. The Hall–Kier alpha value is -1.88. The third-order valence-corrected chi connectivity index (χ3v) is 3.00. The number of anilines is 1. The molecule has 2 amide bonds. The summed E-state index contributed by atoms with van der Waals surface area (Å²) < 4.78 is 0. The Morgan fingerprint density at radius 1 is 1.37 bits per heavy atom. The number of nitrogens with two attached hydrogens (primary N) is 1. The fourth-order valence-electron chi connectivity index (χ4n) is 1.56. The van der Waals surface area contributed by atoms with Crippen molar-refractivity contribution in [1.82, 2.24) is 4.90 Å². The Kier molecular flexibility index (Phi) is 5.51. The van der Waals surface area contributed by atoms with Gasteiger partial charge in [0.1, 0.15) is 0 Å². The Bertz CT molecular complexity index is 460. The zero-order chi connectivity index (χ0) is 14.4. The molecule has 1 atom stereocenters. The molecule has 0 heterocycles. The maximum Gasteiger partial charge on any atom is 0.241 e. The predicted molar refractivity (Wildman–Crippen MR) is 75.5 cm³/mol. The van der Waals surface area contributed by atoms with Crippen molar-refractivity contribution in [2.75, 3.05) is 12.4 Å². The lowest BCUT2D eigenvalue weighted by molar-refractivity contribution is -0.128. The number of benzene rings is 1. The second-order valence-corrected chi connectivity index (χ2v) is 4.54. The molecular formula is C14H21N3O2. The lowest BCUT2D eigenvalue weighted by Crippen LogP contribution is -2.35. The topological polar surface area (TPSA) is 75.4 Å². The standard InChI is InChI=1S/C14H21N3O2/c1-4-12(15)14(19)16-13-8-6-5-7-11(13)9-17(3)10(2)18/h5-8,12H,4,9,15H2,1-3H3,(H,16,19)/t12-/m1/s1. The second kappa shape index (κ2) is 6.89. The summed E-state index contributed by atoms with van der Waals surface area (Å²) in [6.45, 7) is 3.82. The number of carbonyl (C=O) groups excluding carboxylic acids is 2. The van der Waals surface area contributed by atoms with Crippen LogP contribution >= 0.6 is 0 Å². The minimum Gasteiger partial charge on any atom is -0.342 e. The molecule has 19 heavy (non-hydrogen) atoms. The van der Waals surface area contributed by atoms with Crippen molar-refractivity contribution in [3.8, 4) is 0 Å². The highest BCUT2D eigenvalue weighted by molar-refractivity contribution is 5.95. The van der Waals surface area contributed by atoms with Crippen LogP contribution in [0.5, 0.6) is 0 Å². The largest absolute Gasteiger partial charge is 0.342 e. The highest BCUT2D eigenvalue weighted by Gasteiger charge is 2.14. The van der Waals surface area contributed by atoms with Gasteiger partial charge in [-0.15, -0.1) is 0 Å². The minimum absolute atomic E-state index is 0.0219. The van der Waals surface area contributed by atoms with Crippen LogP contribution < -0.4 is 11.1 Å². The van der Waals surface area contributed by atoms with Gasteiger partial charge in [-0.05, 0) is 18.1 Å². The average Bonchev–Trinajstić information content (AvgIpc) is 2.39. The van der Waals surface area contributed by atoms with Crippen molar-refractivity contribution >= 4 is 17.5 Å². The molecule has 1 rings (SSSR count). The molecular weight excluding hydrogens is 242 g/mol. The Morgan fingerprint density at radius 2 is 2.00 bits per heavy atom. The summed E-state index contributed by atoms with van der Waals surface area (Å²) in [6, 6.07) is 6.89. The Morgan fingerprint density at radius 3 is 2.58 bits per heavy atom. The lowest BCUT2D eigenvalue weighted by atomic mass is 10.1. The van der Waals surface area contributed by atoms with Gasteiger partial charge in [0, 0.05) is 26.2 Å². The molecule has 3 N–H and O–H groups in total. The lowest BCUT2D eigenvalue weighted by Gasteiger charge is -2.18. The van der Waals surface area contributed by atoms with Crippen molar-refractivity contribution in [2.24, 2.45) is 5.73 Å². The number of hydrogen-bond donors (Lipinski definition) is 2. The van der Waals surface area contributed by atoms with Crippen molar-refractivity contribution in [2.45, 2.75) is 32.9 Å². The third kappa shape index (κ3) is 4.37. The van der Waals surface area contributed by atoms with Gasteiger partial charge < -0.3 is 16.0 Å². The summed E-state index contributed by atoms with van der Waals surface area (Å²) in [6.07, 6.45) is 0.585. The smallest absolute Gasteiger partial charge is 0.241 e. The van der Waals surface area contributed by atoms with Crippen LogP contribution in [0.15, 0.2) is 24.3 Å². The molecule has 0 unspecified atom stereocenters. The molecule has 0 radical (unpaired) electrons. The first-order valence-corrected chi connectivity index (χ1v) is 6.31. The normalized spacial score (nSPS) is 11.8. The van der Waals surface area contributed by atoms with E-state index in [4.69, 9.17) is 5.73 Å². The van der Waals surface area contributed by atoms with Gasteiger partial charge >= 0.3 is 0 Å². The van der Waals surface area contributed by atoms with Gasteiger partial charge in [0.15, 0.2) is 0 Å². The Labute approximate surface area is 113 Å². The van der Waals surface area contributed by atoms with E-state index in [2.05, 4.69) is 5.32 Å². The van der Waals surface area contributed by atoms with Crippen molar-refractivity contribution in [3.63, 3.8) is 0 Å². The maximum absolute atomic E-state index is 11.8. The number of rotatable bonds is 5. The van der Waals surface area contributed by atoms with Gasteiger partial charge in [-0.2, -0.15) is 0 Å². The molecule has 5 nitrogen and oxygen atoms in total. The van der Waals surface area contributed by atoms with Crippen LogP contribution in [0.25, 0.3) is 0 Å². The van der Waals surface area contributed by atoms with Gasteiger partial charge in [-0.25, -0.2) is 0 Å². The first kappa shape index (κ1) is 15.2. The van der Waals surface area contributed by atoms with Gasteiger partial charge in [-0.1, -0.05) is 25.1 Å². The fourth-order valence-corrected chi connectivity index (χ4v) is 1.56. The number of hydrogen-bond acceptors (Lipinski definition) is 3. The van der Waals surface area contributed by atoms with Crippen LogP contribution in [0, 0.1) is 0 Å². The van der Waals surface area contributed by atoms with Crippen molar-refractivity contribution in [1.29, 1.82) is 0 Å². The molecule has 104 valence electrons. The summed E-state index contributed by atoms with van der Waals surface area (Å²) in [5.74, 6) is -0.230. The third-order valence-electron chi connectivity index (χ3n) is 3.00. The summed E-state index contributed by atoms with van der Waals surface area (Å²) in [4.78, 5) is 24.6. The Balaban J connectivity index is 2.84. The highest BCUT2D eigenvalue weighted by Crippen LogP contribution is 2.17. The molecule has 0 fully saturated rings. The second-order valence-electron chi connectivity index (χ2n) is 4.54. The first-order valence-electron chi connectivity index (χ1n) is 6.31. The van der Waals surface area contributed by atoms with E-state index < -0.39 is 6.04 Å². The first-order chi connectivity index (χ1) is 8.95. The van der Waals surface area contributed by atoms with E-state index in [1.165, 1.54) is 6.92 Å². The predicted octanol–water partition coefficient (Wildman–Crippen LogP) is 1.34. The molecule has 0 bridgehead atoms. The van der Waals surface area contributed by atoms with E-state index in [0.717, 1.165) is 5.56 Å². The zero-order valence-electron chi connectivity index (χ0n) is 11.6. The summed E-state index contributed by atoms with van der Waals surface area (Å²) in [5.41, 5.74) is 7.27. The van der Waals surface area contributed by atoms with Crippen LogP contribution in [-0.4, -0.2) is 29.8 Å². The van der Waals surface area contributed by atoms with Gasteiger partial charge in [-0.3, -0.25) is 9.59 Å². The molecule has 0 aliphatic rings. The summed E-state index contributed by atoms with van der Waals surface area (Å²) in [7, 11) is 1.72. The van der Waals surface area contributed by atoms with E-state index in [1.807, 2.05) is 31.2 Å². The van der Waals surface area contributed by atoms with Crippen molar-refractivity contribution < 1.29 is 9.59 Å². The quantitative estimate of drug-likeness (QED) is 0.841. The molecule has 0 aliphatic heterocycles. The number of nitrogens with zero attached hydrogens (tertiary/aromatic N) is 1. The van der Waals surface area contributed by atoms with Crippen LogP contribution in [0.2, 0.25) is 0 Å². The van der Waals surface area contributed by atoms with E-state index in [0.29, 0.717) is 18.7 Å². The van der Waals surface area contributed by atoms with E-state index in [1.54, 1.807) is 11.9 Å². The molecule has 1 aromatic carbocycles. The molecule has 0 aromatic heterocycles. The zero-order valence-corrected chi connectivity index (χ0v) is 11.6. The molecule has 0 aliphatic carbocycles. The summed E-state index contributed by atoms with van der Waals surface area (Å²) in [5, 5.41) is 2.80. The van der Waals surface area contributed by atoms with Gasteiger partial charge in [0.05, 0.1) is 6.04 Å². The number of amides is 2. The van der Waals surface area contributed by atoms with Crippen LogP contribution in [0.3, 0.4) is 0 Å². The van der Waals surface area contributed by atoms with Crippen molar-refractivity contribution in [3.05, 3.63) is 29.8 Å². The molecule has 0 saturated heterocycles. The number of para-hydroxylation sites is 1. The maximum atomic E-state index is 11.8. The SMILES string of the molecule is CC[C@@H](N)C(=O)Nc1ccccc1CN(C)C(C)=O. The molecule has 0 saturated carbocycles. The minimum atomic E-state index is -0.515. The molecule has 1 aromatic rings. The van der Waals surface area contributed by atoms with Crippen LogP contribution in [0.1, 0.15) is 25.8 Å². The number of carbonyl (C=O) groups is 2. The highest BCUT2D eigenvalue weighted by atomic mass is 16.2. The van der Waals surface area contributed by atoms with E-state index in [-0.39, 0.29) is 11.8 Å². The van der Waals surface area contributed by atoms with Crippen LogP contribution in [-0.2, 0) is 16.1 Å². The van der Waals surface area contributed by atoms with E-state index in [9.17, 15) is 9.59 Å². The van der Waals surface area contributed by atoms with Crippen LogP contribution in [0.4, 0.5) is 5.69 Å². The number of nitrogens with one attached hydrogen (secondary N) is 1. The van der Waals surface area contributed by atoms with Gasteiger partial charge in [0.2, 0.25) is 11.8 Å². The van der Waals surface area contributed by atoms with E-state index >= 15 is 0 Å². The van der Waals surface area contributed by atoms with Gasteiger partial charge in [0.25, 0.3) is 0 Å². The monoisotopic (exact) mass is 263 g/mol. The fraction of sp³-hybridized carbons (Fsp3) is 0.429. The molecule has 0 spiro atoms.